The van der Waals surface area contributed by atoms with Gasteiger partial charge in [-0.2, -0.15) is 0 Å². The SMILES string of the molecule is CCC1=C(I)C(C)(C)C(=O)O1. The number of halogens is 1. The molecule has 0 aromatic heterocycles. The lowest BCUT2D eigenvalue weighted by Crippen LogP contribution is -2.19. The summed E-state index contributed by atoms with van der Waals surface area (Å²) in [5.41, 5.74) is -0.411. The summed E-state index contributed by atoms with van der Waals surface area (Å²) < 4.78 is 6.12. The predicted octanol–water partition coefficient (Wildman–Crippen LogP) is 2.63. The highest BCUT2D eigenvalue weighted by molar-refractivity contribution is 14.1. The van der Waals surface area contributed by atoms with Gasteiger partial charge in [-0.15, -0.1) is 0 Å². The highest BCUT2D eigenvalue weighted by Gasteiger charge is 2.41. The number of hydrogen-bond donors (Lipinski definition) is 0. The zero-order chi connectivity index (χ0) is 8.65. The van der Waals surface area contributed by atoms with Gasteiger partial charge in [-0.3, -0.25) is 4.79 Å². The molecule has 11 heavy (non-hydrogen) atoms. The van der Waals surface area contributed by atoms with Crippen molar-refractivity contribution in [1.29, 1.82) is 0 Å². The van der Waals surface area contributed by atoms with Gasteiger partial charge in [0, 0.05) is 10.0 Å². The van der Waals surface area contributed by atoms with Crippen molar-refractivity contribution in [2.24, 2.45) is 5.41 Å². The van der Waals surface area contributed by atoms with E-state index in [0.29, 0.717) is 0 Å². The van der Waals surface area contributed by atoms with Crippen molar-refractivity contribution in [1.82, 2.24) is 0 Å². The molecule has 1 heterocycles. The second-order valence-corrected chi connectivity index (χ2v) is 4.18. The molecule has 1 aliphatic rings. The quantitative estimate of drug-likeness (QED) is 0.538. The van der Waals surface area contributed by atoms with Gasteiger partial charge < -0.3 is 4.74 Å². The maximum atomic E-state index is 11.2. The first-order valence-corrected chi connectivity index (χ1v) is 4.69. The average Bonchev–Trinajstić information content (AvgIpc) is 2.14. The topological polar surface area (TPSA) is 26.3 Å². The third-order valence-electron chi connectivity index (χ3n) is 1.84. The summed E-state index contributed by atoms with van der Waals surface area (Å²) in [6.45, 7) is 5.77. The Morgan fingerprint density at radius 3 is 2.27 bits per heavy atom. The lowest BCUT2D eigenvalue weighted by molar-refractivity contribution is -0.143. The van der Waals surface area contributed by atoms with E-state index in [-0.39, 0.29) is 5.97 Å². The molecule has 0 aliphatic carbocycles. The van der Waals surface area contributed by atoms with Gasteiger partial charge >= 0.3 is 5.97 Å². The Bertz CT molecular complexity index is 228. The molecule has 0 N–H and O–H groups in total. The smallest absolute Gasteiger partial charge is 0.321 e. The zero-order valence-corrected chi connectivity index (χ0v) is 9.06. The van der Waals surface area contributed by atoms with Gasteiger partial charge in [0.2, 0.25) is 0 Å². The van der Waals surface area contributed by atoms with E-state index in [1.807, 2.05) is 20.8 Å². The largest absolute Gasteiger partial charge is 0.430 e. The summed E-state index contributed by atoms with van der Waals surface area (Å²) in [7, 11) is 0. The van der Waals surface area contributed by atoms with Crippen LogP contribution in [-0.2, 0) is 9.53 Å². The zero-order valence-electron chi connectivity index (χ0n) is 6.90. The first-order valence-electron chi connectivity index (χ1n) is 3.61. The second-order valence-electron chi connectivity index (χ2n) is 3.11. The molecule has 0 unspecified atom stereocenters. The van der Waals surface area contributed by atoms with Gasteiger partial charge in [-0.25, -0.2) is 0 Å². The number of esters is 1. The van der Waals surface area contributed by atoms with E-state index in [4.69, 9.17) is 4.74 Å². The molecule has 0 fully saturated rings. The maximum Gasteiger partial charge on any atom is 0.321 e. The van der Waals surface area contributed by atoms with Gasteiger partial charge in [-0.05, 0) is 36.4 Å². The number of carbonyl (C=O) groups excluding carboxylic acids is 1. The minimum atomic E-state index is -0.411. The lowest BCUT2D eigenvalue weighted by Gasteiger charge is -2.11. The van der Waals surface area contributed by atoms with Crippen LogP contribution in [0.4, 0.5) is 0 Å². The van der Waals surface area contributed by atoms with Crippen LogP contribution in [-0.4, -0.2) is 5.97 Å². The first-order chi connectivity index (χ1) is 5.00. The van der Waals surface area contributed by atoms with Crippen molar-refractivity contribution in [3.05, 3.63) is 9.34 Å². The monoisotopic (exact) mass is 266 g/mol. The molecule has 1 aliphatic heterocycles. The fourth-order valence-corrected chi connectivity index (χ4v) is 1.66. The Balaban J connectivity index is 3.02. The van der Waals surface area contributed by atoms with Crippen LogP contribution in [0.5, 0.6) is 0 Å². The van der Waals surface area contributed by atoms with Crippen LogP contribution in [0.15, 0.2) is 9.34 Å². The van der Waals surface area contributed by atoms with E-state index < -0.39 is 5.41 Å². The van der Waals surface area contributed by atoms with Crippen LogP contribution in [0.25, 0.3) is 0 Å². The lowest BCUT2D eigenvalue weighted by atomic mass is 9.95. The van der Waals surface area contributed by atoms with Crippen LogP contribution in [0, 0.1) is 5.41 Å². The highest BCUT2D eigenvalue weighted by Crippen LogP contribution is 2.42. The summed E-state index contributed by atoms with van der Waals surface area (Å²) in [5, 5.41) is 0. The molecule has 0 aromatic rings. The molecule has 0 bridgehead atoms. The summed E-state index contributed by atoms with van der Waals surface area (Å²) in [5.74, 6) is 0.708. The minimum absolute atomic E-state index is 0.126. The van der Waals surface area contributed by atoms with E-state index in [2.05, 4.69) is 22.6 Å². The average molecular weight is 266 g/mol. The van der Waals surface area contributed by atoms with Crippen LogP contribution >= 0.6 is 22.6 Å². The van der Waals surface area contributed by atoms with Gasteiger partial charge in [0.1, 0.15) is 5.76 Å². The number of carbonyl (C=O) groups is 1. The Morgan fingerprint density at radius 1 is 1.55 bits per heavy atom. The van der Waals surface area contributed by atoms with Crippen molar-refractivity contribution < 1.29 is 9.53 Å². The van der Waals surface area contributed by atoms with E-state index in [1.54, 1.807) is 0 Å². The molecular formula is C8H11IO2. The fraction of sp³-hybridized carbons (Fsp3) is 0.625. The molecule has 0 amide bonds. The van der Waals surface area contributed by atoms with Gasteiger partial charge in [0.05, 0.1) is 5.41 Å². The van der Waals surface area contributed by atoms with Gasteiger partial charge in [0.25, 0.3) is 0 Å². The first kappa shape index (κ1) is 9.03. The summed E-state index contributed by atoms with van der Waals surface area (Å²) in [6.07, 6.45) is 0.799. The Hall–Kier alpha value is -0.0600. The molecular weight excluding hydrogens is 255 g/mol. The molecule has 0 spiro atoms. The third kappa shape index (κ3) is 1.30. The fourth-order valence-electron chi connectivity index (χ4n) is 0.950. The molecule has 0 atom stereocenters. The molecule has 0 saturated heterocycles. The van der Waals surface area contributed by atoms with Gasteiger partial charge in [0.15, 0.2) is 0 Å². The van der Waals surface area contributed by atoms with Crippen molar-refractivity contribution in [2.75, 3.05) is 0 Å². The molecule has 0 radical (unpaired) electrons. The maximum absolute atomic E-state index is 11.2. The van der Waals surface area contributed by atoms with Crippen LogP contribution in [0.1, 0.15) is 27.2 Å². The molecule has 3 heteroatoms. The number of ether oxygens (including phenoxy) is 1. The number of hydrogen-bond acceptors (Lipinski definition) is 2. The predicted molar refractivity (Wildman–Crippen MR) is 51.2 cm³/mol. The van der Waals surface area contributed by atoms with Crippen LogP contribution in [0.3, 0.4) is 0 Å². The second kappa shape index (κ2) is 2.77. The van der Waals surface area contributed by atoms with Crippen LogP contribution < -0.4 is 0 Å². The molecule has 0 saturated carbocycles. The minimum Gasteiger partial charge on any atom is -0.430 e. The van der Waals surface area contributed by atoms with Crippen molar-refractivity contribution >= 4 is 28.6 Å². The summed E-state index contributed by atoms with van der Waals surface area (Å²) in [6, 6.07) is 0. The number of cyclic esters (lactones) is 1. The Morgan fingerprint density at radius 2 is 2.09 bits per heavy atom. The summed E-state index contributed by atoms with van der Waals surface area (Å²) >= 11 is 2.19. The van der Waals surface area contributed by atoms with Crippen LogP contribution in [0.2, 0.25) is 0 Å². The highest BCUT2D eigenvalue weighted by atomic mass is 127. The number of rotatable bonds is 1. The van der Waals surface area contributed by atoms with Gasteiger partial charge in [-0.1, -0.05) is 6.92 Å². The van der Waals surface area contributed by atoms with Crippen molar-refractivity contribution in [3.8, 4) is 0 Å². The van der Waals surface area contributed by atoms with E-state index in [9.17, 15) is 4.79 Å². The van der Waals surface area contributed by atoms with E-state index in [0.717, 1.165) is 15.8 Å². The Kier molecular flexibility index (Phi) is 2.27. The molecule has 2 nitrogen and oxygen atoms in total. The van der Waals surface area contributed by atoms with Crippen molar-refractivity contribution in [2.45, 2.75) is 27.2 Å². The number of allylic oxidation sites excluding steroid dienone is 1. The molecule has 62 valence electrons. The van der Waals surface area contributed by atoms with E-state index in [1.165, 1.54) is 0 Å². The van der Waals surface area contributed by atoms with Crippen molar-refractivity contribution in [3.63, 3.8) is 0 Å². The third-order valence-corrected chi connectivity index (χ3v) is 3.79. The molecule has 1 rings (SSSR count). The normalized spacial score (nSPS) is 22.4. The summed E-state index contributed by atoms with van der Waals surface area (Å²) in [4.78, 5) is 11.2. The Labute approximate surface area is 80.1 Å². The standard InChI is InChI=1S/C8H11IO2/c1-4-5-6(9)8(2,3)7(10)11-5/h4H2,1-3H3. The van der Waals surface area contributed by atoms with E-state index >= 15 is 0 Å². The molecule has 0 aromatic carbocycles.